The van der Waals surface area contributed by atoms with Gasteiger partial charge in [0.05, 0.1) is 25.8 Å². The van der Waals surface area contributed by atoms with Crippen molar-refractivity contribution in [3.63, 3.8) is 0 Å². The van der Waals surface area contributed by atoms with E-state index in [1.807, 2.05) is 44.2 Å². The first-order valence-electron chi connectivity index (χ1n) is 9.92. The summed E-state index contributed by atoms with van der Waals surface area (Å²) in [5, 5.41) is 10.6. The number of aromatic amines is 2. The van der Waals surface area contributed by atoms with Gasteiger partial charge >= 0.3 is 5.69 Å². The quantitative estimate of drug-likeness (QED) is 0.512. The Morgan fingerprint density at radius 1 is 1.00 bits per heavy atom. The van der Waals surface area contributed by atoms with Gasteiger partial charge in [-0.25, -0.2) is 4.79 Å². The summed E-state index contributed by atoms with van der Waals surface area (Å²) in [5.74, 6) is 0.612. The van der Waals surface area contributed by atoms with Crippen molar-refractivity contribution in [1.29, 1.82) is 0 Å². The minimum absolute atomic E-state index is 0.0239. The standard InChI is InChI=1S/C23H27N3O5/c1-14(2)26(13-15-8-6-5-7-9-15)20(19-21(27)24-23(29)25-22(19)28)17-12-16(30-3)10-11-18(17)31-4/h5-12,14,20H,13H2,1-4H3,(H3,24,25,27,28,29). The van der Waals surface area contributed by atoms with E-state index in [2.05, 4.69) is 14.9 Å². The number of benzene rings is 2. The fraction of sp³-hybridized carbons (Fsp3) is 0.304. The molecule has 1 atom stereocenters. The second-order valence-electron chi connectivity index (χ2n) is 7.43. The SMILES string of the molecule is COc1ccc(OC)c(C(c2c(O)[nH]c(=O)[nH]c2=O)N(Cc2ccccc2)C(C)C)c1. The number of nitrogens with zero attached hydrogens (tertiary/aromatic N) is 1. The van der Waals surface area contributed by atoms with E-state index in [0.717, 1.165) is 5.56 Å². The predicted molar refractivity (Wildman–Crippen MR) is 118 cm³/mol. The van der Waals surface area contributed by atoms with Crippen LogP contribution in [0.1, 0.15) is 36.6 Å². The first kappa shape index (κ1) is 22.2. The predicted octanol–water partition coefficient (Wildman–Crippen LogP) is 2.79. The Bertz CT molecular complexity index is 1140. The van der Waals surface area contributed by atoms with Gasteiger partial charge in [0.15, 0.2) is 0 Å². The van der Waals surface area contributed by atoms with E-state index in [9.17, 15) is 14.7 Å². The second kappa shape index (κ2) is 9.53. The molecule has 31 heavy (non-hydrogen) atoms. The largest absolute Gasteiger partial charge is 0.497 e. The number of methoxy groups -OCH3 is 2. The summed E-state index contributed by atoms with van der Waals surface area (Å²) >= 11 is 0. The lowest BCUT2D eigenvalue weighted by atomic mass is 9.95. The van der Waals surface area contributed by atoms with Crippen molar-refractivity contribution in [2.24, 2.45) is 0 Å². The first-order valence-corrected chi connectivity index (χ1v) is 9.92. The second-order valence-corrected chi connectivity index (χ2v) is 7.43. The van der Waals surface area contributed by atoms with E-state index in [-0.39, 0.29) is 11.6 Å². The molecule has 0 aliphatic rings. The van der Waals surface area contributed by atoms with E-state index in [1.165, 1.54) is 7.11 Å². The van der Waals surface area contributed by atoms with E-state index < -0.39 is 23.2 Å². The van der Waals surface area contributed by atoms with Gasteiger partial charge in [0.25, 0.3) is 5.56 Å². The maximum atomic E-state index is 12.9. The highest BCUT2D eigenvalue weighted by molar-refractivity contribution is 5.47. The number of nitrogens with one attached hydrogen (secondary N) is 2. The maximum absolute atomic E-state index is 12.9. The van der Waals surface area contributed by atoms with Crippen LogP contribution < -0.4 is 20.7 Å². The topological polar surface area (TPSA) is 108 Å². The van der Waals surface area contributed by atoms with Gasteiger partial charge in [-0.2, -0.15) is 0 Å². The molecule has 3 rings (SSSR count). The molecule has 3 N–H and O–H groups in total. The molecule has 8 heteroatoms. The van der Waals surface area contributed by atoms with Crippen LogP contribution in [0.15, 0.2) is 58.1 Å². The van der Waals surface area contributed by atoms with Crippen molar-refractivity contribution in [2.45, 2.75) is 32.5 Å². The van der Waals surface area contributed by atoms with Crippen LogP contribution in [0, 0.1) is 0 Å². The Hall–Kier alpha value is -3.52. The summed E-state index contributed by atoms with van der Waals surface area (Å²) in [4.78, 5) is 31.2. The van der Waals surface area contributed by atoms with Crippen molar-refractivity contribution in [1.82, 2.24) is 14.9 Å². The van der Waals surface area contributed by atoms with Gasteiger partial charge in [-0.05, 0) is 37.6 Å². The summed E-state index contributed by atoms with van der Waals surface area (Å²) in [6.07, 6.45) is 0. The lowest BCUT2D eigenvalue weighted by molar-refractivity contribution is 0.161. The Kier molecular flexibility index (Phi) is 6.81. The van der Waals surface area contributed by atoms with Gasteiger partial charge in [-0.15, -0.1) is 0 Å². The molecule has 0 amide bonds. The van der Waals surface area contributed by atoms with Crippen molar-refractivity contribution in [3.8, 4) is 17.4 Å². The molecular weight excluding hydrogens is 398 g/mol. The van der Waals surface area contributed by atoms with Gasteiger partial charge in [0.1, 0.15) is 11.5 Å². The van der Waals surface area contributed by atoms with E-state index in [4.69, 9.17) is 9.47 Å². The van der Waals surface area contributed by atoms with Crippen LogP contribution in [0.25, 0.3) is 0 Å². The highest BCUT2D eigenvalue weighted by Crippen LogP contribution is 2.39. The number of rotatable bonds is 8. The van der Waals surface area contributed by atoms with Gasteiger partial charge < -0.3 is 14.6 Å². The lowest BCUT2D eigenvalue weighted by Gasteiger charge is -2.36. The molecule has 1 heterocycles. The maximum Gasteiger partial charge on any atom is 0.328 e. The molecule has 0 fully saturated rings. The van der Waals surface area contributed by atoms with Crippen LogP contribution in [0.3, 0.4) is 0 Å². The van der Waals surface area contributed by atoms with Crippen LogP contribution in [0.4, 0.5) is 0 Å². The molecule has 2 aromatic carbocycles. The average Bonchev–Trinajstić information content (AvgIpc) is 2.75. The van der Waals surface area contributed by atoms with Crippen molar-refractivity contribution in [3.05, 3.63) is 86.1 Å². The Labute approximate surface area is 180 Å². The Morgan fingerprint density at radius 3 is 2.29 bits per heavy atom. The molecule has 3 aromatic rings. The lowest BCUT2D eigenvalue weighted by Crippen LogP contribution is -2.39. The number of hydrogen-bond donors (Lipinski definition) is 3. The van der Waals surface area contributed by atoms with Crippen molar-refractivity contribution >= 4 is 0 Å². The molecule has 0 spiro atoms. The van der Waals surface area contributed by atoms with Crippen LogP contribution in [-0.2, 0) is 6.54 Å². The zero-order valence-electron chi connectivity index (χ0n) is 18.0. The molecule has 0 aliphatic heterocycles. The van der Waals surface area contributed by atoms with E-state index in [0.29, 0.717) is 23.6 Å². The zero-order chi connectivity index (χ0) is 22.5. The van der Waals surface area contributed by atoms with Crippen LogP contribution in [0.5, 0.6) is 17.4 Å². The number of H-pyrrole nitrogens is 2. The van der Waals surface area contributed by atoms with Crippen molar-refractivity contribution in [2.75, 3.05) is 14.2 Å². The third-order valence-corrected chi connectivity index (χ3v) is 5.17. The van der Waals surface area contributed by atoms with Crippen LogP contribution in [0.2, 0.25) is 0 Å². The number of aromatic hydroxyl groups is 1. The van der Waals surface area contributed by atoms with E-state index >= 15 is 0 Å². The van der Waals surface area contributed by atoms with Gasteiger partial charge in [0, 0.05) is 18.2 Å². The number of hydrogen-bond acceptors (Lipinski definition) is 6. The van der Waals surface area contributed by atoms with Gasteiger partial charge in [-0.1, -0.05) is 30.3 Å². The summed E-state index contributed by atoms with van der Waals surface area (Å²) in [7, 11) is 3.09. The summed E-state index contributed by atoms with van der Waals surface area (Å²) in [6.45, 7) is 4.49. The summed E-state index contributed by atoms with van der Waals surface area (Å²) in [6, 6.07) is 14.3. The molecular formula is C23H27N3O5. The number of aromatic nitrogens is 2. The fourth-order valence-corrected chi connectivity index (χ4v) is 3.66. The molecule has 1 unspecified atom stereocenters. The fourth-order valence-electron chi connectivity index (χ4n) is 3.66. The smallest absolute Gasteiger partial charge is 0.328 e. The van der Waals surface area contributed by atoms with E-state index in [1.54, 1.807) is 25.3 Å². The minimum Gasteiger partial charge on any atom is -0.497 e. The monoisotopic (exact) mass is 425 g/mol. The molecule has 0 aliphatic carbocycles. The Morgan fingerprint density at radius 2 is 1.71 bits per heavy atom. The molecule has 8 nitrogen and oxygen atoms in total. The molecule has 164 valence electrons. The Balaban J connectivity index is 2.29. The zero-order valence-corrected chi connectivity index (χ0v) is 18.0. The van der Waals surface area contributed by atoms with Crippen LogP contribution in [-0.4, -0.2) is 40.2 Å². The summed E-state index contributed by atoms with van der Waals surface area (Å²) in [5.41, 5.74) is 0.232. The highest BCUT2D eigenvalue weighted by Gasteiger charge is 2.33. The normalized spacial score (nSPS) is 12.2. The third-order valence-electron chi connectivity index (χ3n) is 5.17. The number of ether oxygens (including phenoxy) is 2. The van der Waals surface area contributed by atoms with Gasteiger partial charge in [0.2, 0.25) is 5.88 Å². The highest BCUT2D eigenvalue weighted by atomic mass is 16.5. The summed E-state index contributed by atoms with van der Waals surface area (Å²) < 4.78 is 11.0. The molecule has 0 saturated carbocycles. The van der Waals surface area contributed by atoms with Gasteiger partial charge in [-0.3, -0.25) is 19.7 Å². The van der Waals surface area contributed by atoms with Crippen LogP contribution >= 0.6 is 0 Å². The average molecular weight is 425 g/mol. The molecule has 0 radical (unpaired) electrons. The molecule has 0 bridgehead atoms. The molecule has 0 saturated heterocycles. The minimum atomic E-state index is -0.776. The molecule has 1 aromatic heterocycles. The third kappa shape index (κ3) is 4.80. The first-order chi connectivity index (χ1) is 14.8. The van der Waals surface area contributed by atoms with Crippen molar-refractivity contribution < 1.29 is 14.6 Å².